The summed E-state index contributed by atoms with van der Waals surface area (Å²) in [5.41, 5.74) is 2.07. The van der Waals surface area contributed by atoms with Gasteiger partial charge in [-0.1, -0.05) is 35.9 Å². The summed E-state index contributed by atoms with van der Waals surface area (Å²) in [5, 5.41) is 49.8. The van der Waals surface area contributed by atoms with Gasteiger partial charge in [0.15, 0.2) is 4.93 Å². The summed E-state index contributed by atoms with van der Waals surface area (Å²) < 4.78 is 5.64. The maximum Gasteiger partial charge on any atom is 0.165 e. The summed E-state index contributed by atoms with van der Waals surface area (Å²) in [6, 6.07) is 11.6. The fourth-order valence-corrected chi connectivity index (χ4v) is 3.77. The van der Waals surface area contributed by atoms with E-state index < -0.39 is 36.0 Å². The number of phenolic OH excluding ortho intramolecular Hbond substituents is 1. The Bertz CT molecular complexity index is 799. The van der Waals surface area contributed by atoms with Gasteiger partial charge in [0.05, 0.1) is 6.61 Å². The first kappa shape index (κ1) is 20.4. The molecular weight excluding hydrogens is 392 g/mol. The number of phenols is 1. The molecule has 1 aliphatic heterocycles. The molecule has 0 aromatic heterocycles. The van der Waals surface area contributed by atoms with Crippen molar-refractivity contribution in [3.8, 4) is 5.75 Å². The number of benzene rings is 2. The van der Waals surface area contributed by atoms with E-state index in [1.807, 2.05) is 0 Å². The maximum absolute atomic E-state index is 10.5. The molecule has 0 spiro atoms. The standard InChI is InChI=1S/C19H21ClO6S/c20-14-6-3-12(8-11(14)7-10-1-4-13(22)5-2-10)19(27)18(25)17(24)16(23)15(9-21)26-19/h1-6,8,15-18,21-25,27H,7,9H2/t15-,16-,17+,18-,19?/m1/s1. The molecule has 2 aromatic carbocycles. The number of hydrogen-bond acceptors (Lipinski definition) is 7. The monoisotopic (exact) mass is 412 g/mol. The number of aliphatic hydroxyl groups excluding tert-OH is 4. The molecule has 0 bridgehead atoms. The summed E-state index contributed by atoms with van der Waals surface area (Å²) in [5.74, 6) is 0.161. The van der Waals surface area contributed by atoms with Crippen molar-refractivity contribution in [3.05, 3.63) is 64.2 Å². The number of hydrogen-bond donors (Lipinski definition) is 6. The first-order chi connectivity index (χ1) is 12.8. The van der Waals surface area contributed by atoms with E-state index in [1.165, 1.54) is 0 Å². The topological polar surface area (TPSA) is 110 Å². The van der Waals surface area contributed by atoms with Gasteiger partial charge in [-0.3, -0.25) is 0 Å². The van der Waals surface area contributed by atoms with E-state index in [-0.39, 0.29) is 5.75 Å². The first-order valence-corrected chi connectivity index (χ1v) is 9.21. The second-order valence-corrected chi connectivity index (χ2v) is 7.68. The van der Waals surface area contributed by atoms with E-state index in [4.69, 9.17) is 16.3 Å². The van der Waals surface area contributed by atoms with Gasteiger partial charge in [-0.2, -0.15) is 0 Å². The van der Waals surface area contributed by atoms with Crippen LogP contribution in [0.1, 0.15) is 16.7 Å². The number of ether oxygens (including phenoxy) is 1. The molecule has 1 fully saturated rings. The average Bonchev–Trinajstić information content (AvgIpc) is 2.66. The molecule has 0 radical (unpaired) electrons. The van der Waals surface area contributed by atoms with E-state index in [0.29, 0.717) is 17.0 Å². The van der Waals surface area contributed by atoms with E-state index in [9.17, 15) is 25.5 Å². The predicted octanol–water partition coefficient (Wildman–Crippen LogP) is 1.19. The van der Waals surface area contributed by atoms with Crippen LogP contribution in [0.25, 0.3) is 0 Å². The molecule has 5 N–H and O–H groups in total. The minimum Gasteiger partial charge on any atom is -0.508 e. The average molecular weight is 413 g/mol. The Labute approximate surface area is 167 Å². The van der Waals surface area contributed by atoms with Crippen LogP contribution < -0.4 is 0 Å². The molecule has 1 heterocycles. The Hall–Kier alpha value is -1.32. The van der Waals surface area contributed by atoms with E-state index >= 15 is 0 Å². The number of rotatable bonds is 4. The molecule has 6 nitrogen and oxygen atoms in total. The van der Waals surface area contributed by atoms with Crippen molar-refractivity contribution >= 4 is 24.2 Å². The van der Waals surface area contributed by atoms with Crippen molar-refractivity contribution in [2.45, 2.75) is 35.8 Å². The van der Waals surface area contributed by atoms with Crippen LogP contribution in [0.15, 0.2) is 42.5 Å². The number of aliphatic hydroxyl groups is 4. The van der Waals surface area contributed by atoms with Gasteiger partial charge < -0.3 is 30.3 Å². The number of aromatic hydroxyl groups is 1. The highest BCUT2D eigenvalue weighted by molar-refractivity contribution is 7.81. The lowest BCUT2D eigenvalue weighted by atomic mass is 9.89. The molecule has 3 rings (SSSR count). The molecule has 0 saturated carbocycles. The van der Waals surface area contributed by atoms with Crippen molar-refractivity contribution < 1.29 is 30.3 Å². The molecule has 1 unspecified atom stereocenters. The van der Waals surface area contributed by atoms with Gasteiger partial charge >= 0.3 is 0 Å². The molecule has 1 aliphatic rings. The fourth-order valence-electron chi connectivity index (χ4n) is 3.16. The van der Waals surface area contributed by atoms with Gasteiger partial charge in [0.2, 0.25) is 0 Å². The summed E-state index contributed by atoms with van der Waals surface area (Å²) in [4.78, 5) is -1.64. The Morgan fingerprint density at radius 3 is 2.33 bits per heavy atom. The Morgan fingerprint density at radius 1 is 1.04 bits per heavy atom. The van der Waals surface area contributed by atoms with Gasteiger partial charge in [0.25, 0.3) is 0 Å². The lowest BCUT2D eigenvalue weighted by molar-refractivity contribution is -0.245. The molecule has 146 valence electrons. The second-order valence-electron chi connectivity index (χ2n) is 6.61. The summed E-state index contributed by atoms with van der Waals surface area (Å²) >= 11 is 10.7. The molecule has 27 heavy (non-hydrogen) atoms. The third kappa shape index (κ3) is 3.95. The van der Waals surface area contributed by atoms with Gasteiger partial charge in [-0.25, -0.2) is 0 Å². The van der Waals surface area contributed by atoms with Crippen LogP contribution in [0, 0.1) is 0 Å². The van der Waals surface area contributed by atoms with Crippen molar-refractivity contribution in [2.24, 2.45) is 0 Å². The van der Waals surface area contributed by atoms with Gasteiger partial charge in [0.1, 0.15) is 30.2 Å². The summed E-state index contributed by atoms with van der Waals surface area (Å²) in [6.45, 7) is -0.540. The predicted molar refractivity (Wildman–Crippen MR) is 103 cm³/mol. The lowest BCUT2D eigenvalue weighted by Crippen LogP contribution is -2.61. The van der Waals surface area contributed by atoms with Crippen molar-refractivity contribution in [1.29, 1.82) is 0 Å². The highest BCUT2D eigenvalue weighted by Crippen LogP contribution is 2.42. The fraction of sp³-hybridized carbons (Fsp3) is 0.368. The molecule has 2 aromatic rings. The minimum atomic E-state index is -1.64. The van der Waals surface area contributed by atoms with Crippen LogP contribution in [0.2, 0.25) is 5.02 Å². The van der Waals surface area contributed by atoms with Crippen molar-refractivity contribution in [2.75, 3.05) is 6.61 Å². The van der Waals surface area contributed by atoms with Crippen LogP contribution in [-0.2, 0) is 16.1 Å². The zero-order chi connectivity index (χ0) is 19.8. The van der Waals surface area contributed by atoms with Gasteiger partial charge in [-0.05, 0) is 41.3 Å². The summed E-state index contributed by atoms with van der Waals surface area (Å²) in [6.07, 6.45) is -5.14. The Balaban J connectivity index is 1.95. The smallest absolute Gasteiger partial charge is 0.165 e. The largest absolute Gasteiger partial charge is 0.508 e. The van der Waals surface area contributed by atoms with E-state index in [0.717, 1.165) is 11.1 Å². The Morgan fingerprint density at radius 2 is 1.70 bits per heavy atom. The molecule has 5 atom stereocenters. The number of thiol groups is 1. The molecule has 8 heteroatoms. The van der Waals surface area contributed by atoms with E-state index in [1.54, 1.807) is 42.5 Å². The van der Waals surface area contributed by atoms with Gasteiger partial charge in [0, 0.05) is 5.02 Å². The van der Waals surface area contributed by atoms with Crippen molar-refractivity contribution in [3.63, 3.8) is 0 Å². The SMILES string of the molecule is OC[C@H]1OC(S)(c2ccc(Cl)c(Cc3ccc(O)cc3)c2)[C@H](O)[C@@H](O)[C@@H]1O. The highest BCUT2D eigenvalue weighted by atomic mass is 35.5. The van der Waals surface area contributed by atoms with Crippen LogP contribution in [-0.4, -0.2) is 56.6 Å². The second kappa shape index (κ2) is 7.97. The third-order valence-electron chi connectivity index (χ3n) is 4.76. The first-order valence-electron chi connectivity index (χ1n) is 8.38. The van der Waals surface area contributed by atoms with Crippen LogP contribution in [0.3, 0.4) is 0 Å². The maximum atomic E-state index is 10.5. The van der Waals surface area contributed by atoms with Crippen LogP contribution >= 0.6 is 24.2 Å². The van der Waals surface area contributed by atoms with Crippen molar-refractivity contribution in [1.82, 2.24) is 0 Å². The molecular formula is C19H21ClO6S. The van der Waals surface area contributed by atoms with Crippen LogP contribution in [0.5, 0.6) is 5.75 Å². The normalized spacial score (nSPS) is 31.0. The van der Waals surface area contributed by atoms with E-state index in [2.05, 4.69) is 12.6 Å². The molecule has 1 saturated heterocycles. The number of halogens is 1. The molecule has 0 aliphatic carbocycles. The van der Waals surface area contributed by atoms with Gasteiger partial charge in [-0.15, -0.1) is 12.6 Å². The quantitative estimate of drug-likeness (QED) is 0.421. The van der Waals surface area contributed by atoms with Crippen LogP contribution in [0.4, 0.5) is 0 Å². The zero-order valence-corrected chi connectivity index (χ0v) is 15.9. The lowest BCUT2D eigenvalue weighted by Gasteiger charge is -2.46. The third-order valence-corrected chi connectivity index (χ3v) is 5.75. The minimum absolute atomic E-state index is 0.161. The zero-order valence-electron chi connectivity index (χ0n) is 14.2. The Kier molecular flexibility index (Phi) is 6.02. The molecule has 0 amide bonds. The summed E-state index contributed by atoms with van der Waals surface area (Å²) in [7, 11) is 0. The highest BCUT2D eigenvalue weighted by Gasteiger charge is 2.52.